The van der Waals surface area contributed by atoms with Gasteiger partial charge in [0.05, 0.1) is 12.0 Å². The van der Waals surface area contributed by atoms with E-state index < -0.39 is 5.91 Å². The molecule has 0 atom stereocenters. The zero-order valence-electron chi connectivity index (χ0n) is 17.0. The highest BCUT2D eigenvalue weighted by Crippen LogP contribution is 2.23. The summed E-state index contributed by atoms with van der Waals surface area (Å²) in [6.45, 7) is 10.2. The second-order valence-corrected chi connectivity index (χ2v) is 8.23. The summed E-state index contributed by atoms with van der Waals surface area (Å²) in [7, 11) is 0. The average molecular weight is 381 g/mol. The van der Waals surface area contributed by atoms with E-state index in [1.54, 1.807) is 6.07 Å². The molecule has 0 aliphatic heterocycles. The Morgan fingerprint density at radius 1 is 1.18 bits per heavy atom. The fraction of sp³-hybridized carbons (Fsp3) is 0.381. The number of amides is 2. The Labute approximate surface area is 164 Å². The third-order valence-corrected chi connectivity index (χ3v) is 4.54. The molecule has 0 unspecified atom stereocenters. The molecule has 28 heavy (non-hydrogen) atoms. The zero-order chi connectivity index (χ0) is 20.5. The number of rotatable bonds is 4. The van der Waals surface area contributed by atoms with Crippen LogP contribution in [0, 0.1) is 0 Å². The first-order valence-electron chi connectivity index (χ1n) is 9.41. The first-order chi connectivity index (χ1) is 13.2. The molecule has 0 saturated carbocycles. The van der Waals surface area contributed by atoms with Gasteiger partial charge in [0.25, 0.3) is 5.91 Å². The molecule has 7 heteroatoms. The molecule has 2 aromatic heterocycles. The number of nitrogens with one attached hydrogen (secondary N) is 3. The van der Waals surface area contributed by atoms with Crippen molar-refractivity contribution < 1.29 is 9.59 Å². The smallest absolute Gasteiger partial charge is 0.290 e. The first-order valence-corrected chi connectivity index (χ1v) is 9.41. The lowest BCUT2D eigenvalue weighted by Gasteiger charge is -2.23. The minimum atomic E-state index is -0.433. The maximum atomic E-state index is 12.5. The number of aromatic nitrogens is 3. The van der Waals surface area contributed by atoms with Gasteiger partial charge >= 0.3 is 0 Å². The summed E-state index contributed by atoms with van der Waals surface area (Å²) in [5, 5.41) is 5.44. The van der Waals surface area contributed by atoms with E-state index in [1.165, 1.54) is 0 Å². The predicted octanol–water partition coefficient (Wildman–Crippen LogP) is 3.25. The fourth-order valence-electron chi connectivity index (χ4n) is 3.14. The highest BCUT2D eigenvalue weighted by Gasteiger charge is 2.23. The van der Waals surface area contributed by atoms with Crippen molar-refractivity contribution in [3.8, 4) is 0 Å². The monoisotopic (exact) mass is 381 g/mol. The number of aromatic amines is 1. The Morgan fingerprint density at radius 3 is 2.54 bits per heavy atom. The molecule has 7 nitrogen and oxygen atoms in total. The van der Waals surface area contributed by atoms with Crippen LogP contribution in [0.4, 0.5) is 0 Å². The Bertz CT molecular complexity index is 1010. The average Bonchev–Trinajstić information content (AvgIpc) is 3.25. The number of nitrogens with zero attached hydrogens (tertiary/aromatic N) is 2. The van der Waals surface area contributed by atoms with Crippen molar-refractivity contribution in [2.75, 3.05) is 0 Å². The standard InChI is InChI=1S/C21H27N5O2/c1-13(2)18-11-17(25-26(18)21(3,4)5)20(28)24-23-19(27)10-14-12-22-16-9-7-6-8-15(14)16/h6-9,11-13,22H,10H2,1-5H3,(H,23,27)(H,24,28). The molecule has 1 aromatic carbocycles. The third-order valence-electron chi connectivity index (χ3n) is 4.54. The molecule has 0 bridgehead atoms. The summed E-state index contributed by atoms with van der Waals surface area (Å²) in [6.07, 6.45) is 1.98. The number of para-hydroxylation sites is 1. The van der Waals surface area contributed by atoms with Crippen molar-refractivity contribution in [2.45, 2.75) is 52.5 Å². The SMILES string of the molecule is CC(C)c1cc(C(=O)NNC(=O)Cc2c[nH]c3ccccc23)nn1C(C)(C)C. The van der Waals surface area contributed by atoms with Gasteiger partial charge in [-0.05, 0) is 44.4 Å². The Hall–Kier alpha value is -3.09. The molecule has 0 fully saturated rings. The van der Waals surface area contributed by atoms with Crippen molar-refractivity contribution in [3.05, 3.63) is 53.5 Å². The minimum Gasteiger partial charge on any atom is -0.361 e. The van der Waals surface area contributed by atoms with Gasteiger partial charge in [0, 0.05) is 22.8 Å². The Morgan fingerprint density at radius 2 is 1.89 bits per heavy atom. The summed E-state index contributed by atoms with van der Waals surface area (Å²) in [5.41, 5.74) is 7.81. The van der Waals surface area contributed by atoms with E-state index in [2.05, 4.69) is 34.8 Å². The van der Waals surface area contributed by atoms with Gasteiger partial charge in [-0.25, -0.2) is 0 Å². The molecule has 0 aliphatic carbocycles. The number of hydrogen-bond donors (Lipinski definition) is 3. The van der Waals surface area contributed by atoms with E-state index in [9.17, 15) is 9.59 Å². The van der Waals surface area contributed by atoms with Crippen LogP contribution < -0.4 is 10.9 Å². The van der Waals surface area contributed by atoms with Gasteiger partial charge in [0.1, 0.15) is 0 Å². The predicted molar refractivity (Wildman–Crippen MR) is 109 cm³/mol. The van der Waals surface area contributed by atoms with Crippen LogP contribution in [-0.2, 0) is 16.8 Å². The number of hydrogen-bond acceptors (Lipinski definition) is 3. The maximum absolute atomic E-state index is 12.5. The number of hydrazine groups is 1. The lowest BCUT2D eigenvalue weighted by molar-refractivity contribution is -0.121. The van der Waals surface area contributed by atoms with E-state index in [0.29, 0.717) is 0 Å². The second-order valence-electron chi connectivity index (χ2n) is 8.23. The van der Waals surface area contributed by atoms with Crippen molar-refractivity contribution in [3.63, 3.8) is 0 Å². The van der Waals surface area contributed by atoms with E-state index in [-0.39, 0.29) is 29.5 Å². The molecule has 3 aromatic rings. The van der Waals surface area contributed by atoms with Crippen LogP contribution in [0.2, 0.25) is 0 Å². The molecule has 3 N–H and O–H groups in total. The summed E-state index contributed by atoms with van der Waals surface area (Å²) in [5.74, 6) is -0.501. The molecular weight excluding hydrogens is 354 g/mol. The molecule has 2 heterocycles. The Balaban J connectivity index is 1.66. The molecule has 148 valence electrons. The quantitative estimate of drug-likeness (QED) is 0.606. The van der Waals surface area contributed by atoms with Crippen LogP contribution in [0.15, 0.2) is 36.5 Å². The van der Waals surface area contributed by atoms with Crippen LogP contribution in [0.1, 0.15) is 62.3 Å². The van der Waals surface area contributed by atoms with Crippen LogP contribution >= 0.6 is 0 Å². The summed E-state index contributed by atoms with van der Waals surface area (Å²) in [6, 6.07) is 9.55. The normalized spacial score (nSPS) is 11.8. The van der Waals surface area contributed by atoms with Gasteiger partial charge in [-0.1, -0.05) is 32.0 Å². The fourth-order valence-corrected chi connectivity index (χ4v) is 3.14. The number of H-pyrrole nitrogens is 1. The molecule has 2 amide bonds. The number of carbonyl (C=O) groups excluding carboxylic acids is 2. The topological polar surface area (TPSA) is 91.8 Å². The highest BCUT2D eigenvalue weighted by atomic mass is 16.2. The van der Waals surface area contributed by atoms with Crippen molar-refractivity contribution in [1.82, 2.24) is 25.6 Å². The van der Waals surface area contributed by atoms with E-state index >= 15 is 0 Å². The molecular formula is C21H27N5O2. The van der Waals surface area contributed by atoms with Crippen LogP contribution in [-0.4, -0.2) is 26.6 Å². The Kier molecular flexibility index (Phi) is 5.27. The van der Waals surface area contributed by atoms with Crippen LogP contribution in [0.25, 0.3) is 10.9 Å². The summed E-state index contributed by atoms with van der Waals surface area (Å²) < 4.78 is 1.86. The van der Waals surface area contributed by atoms with Crippen LogP contribution in [0.5, 0.6) is 0 Å². The molecule has 0 spiro atoms. The van der Waals surface area contributed by atoms with E-state index in [4.69, 9.17) is 0 Å². The lowest BCUT2D eigenvalue weighted by Crippen LogP contribution is -2.42. The van der Waals surface area contributed by atoms with Gasteiger partial charge < -0.3 is 4.98 Å². The van der Waals surface area contributed by atoms with E-state index in [1.807, 2.05) is 55.9 Å². The summed E-state index contributed by atoms with van der Waals surface area (Å²) in [4.78, 5) is 27.9. The van der Waals surface area contributed by atoms with Gasteiger partial charge in [0.15, 0.2) is 5.69 Å². The maximum Gasteiger partial charge on any atom is 0.290 e. The van der Waals surface area contributed by atoms with Gasteiger partial charge in [-0.15, -0.1) is 0 Å². The van der Waals surface area contributed by atoms with Gasteiger partial charge in [-0.3, -0.25) is 25.1 Å². The lowest BCUT2D eigenvalue weighted by atomic mass is 10.1. The van der Waals surface area contributed by atoms with Crippen molar-refractivity contribution in [1.29, 1.82) is 0 Å². The second kappa shape index (κ2) is 7.50. The van der Waals surface area contributed by atoms with Crippen molar-refractivity contribution in [2.24, 2.45) is 0 Å². The third kappa shape index (κ3) is 4.08. The van der Waals surface area contributed by atoms with Gasteiger partial charge in [0.2, 0.25) is 5.91 Å². The van der Waals surface area contributed by atoms with E-state index in [0.717, 1.165) is 22.2 Å². The number of fused-ring (bicyclic) bond motifs is 1. The van der Waals surface area contributed by atoms with Crippen molar-refractivity contribution >= 4 is 22.7 Å². The largest absolute Gasteiger partial charge is 0.361 e. The van der Waals surface area contributed by atoms with Crippen LogP contribution in [0.3, 0.4) is 0 Å². The highest BCUT2D eigenvalue weighted by molar-refractivity contribution is 5.94. The molecule has 0 aliphatic rings. The number of benzene rings is 1. The molecule has 3 rings (SSSR count). The molecule has 0 saturated heterocycles. The first kappa shape index (κ1) is 19.7. The minimum absolute atomic E-state index is 0.165. The molecule has 0 radical (unpaired) electrons. The summed E-state index contributed by atoms with van der Waals surface area (Å²) >= 11 is 0. The number of carbonyl (C=O) groups is 2. The zero-order valence-corrected chi connectivity index (χ0v) is 17.0. The van der Waals surface area contributed by atoms with Gasteiger partial charge in [-0.2, -0.15) is 5.10 Å².